The van der Waals surface area contributed by atoms with Crippen LogP contribution < -0.4 is 10.6 Å². The summed E-state index contributed by atoms with van der Waals surface area (Å²) in [5.41, 5.74) is 2.09. The van der Waals surface area contributed by atoms with Crippen molar-refractivity contribution < 1.29 is 9.59 Å². The van der Waals surface area contributed by atoms with E-state index in [1.807, 2.05) is 30.3 Å². The highest BCUT2D eigenvalue weighted by Gasteiger charge is 2.09. The lowest BCUT2D eigenvalue weighted by molar-refractivity contribution is -0.115. The average molecular weight is 325 g/mol. The molecule has 0 aliphatic rings. The maximum atomic E-state index is 12.2. The Morgan fingerprint density at radius 3 is 2.61 bits per heavy atom. The first-order valence-corrected chi connectivity index (χ1v) is 8.04. The molecule has 1 heterocycles. The summed E-state index contributed by atoms with van der Waals surface area (Å²) >= 11 is 1.38. The van der Waals surface area contributed by atoms with Gasteiger partial charge in [-0.3, -0.25) is 9.59 Å². The molecule has 0 atom stereocenters. The highest BCUT2D eigenvalue weighted by Crippen LogP contribution is 2.28. The van der Waals surface area contributed by atoms with E-state index in [9.17, 15) is 9.59 Å². The van der Waals surface area contributed by atoms with Crippen LogP contribution in [0.15, 0.2) is 48.5 Å². The zero-order valence-electron chi connectivity index (χ0n) is 12.5. The zero-order valence-corrected chi connectivity index (χ0v) is 13.3. The number of nitrogens with one attached hydrogen (secondary N) is 2. The SMILES string of the molecule is CCC(=O)Nc1nc2ccc(NC(=O)c3ccccc3)cc2s1. The number of fused-ring (bicyclic) bond motifs is 1. The van der Waals surface area contributed by atoms with Gasteiger partial charge in [-0.1, -0.05) is 36.5 Å². The number of benzene rings is 2. The number of thiazole rings is 1. The van der Waals surface area contributed by atoms with Crippen LogP contribution in [-0.2, 0) is 4.79 Å². The maximum Gasteiger partial charge on any atom is 0.255 e. The molecule has 2 amide bonds. The molecular weight excluding hydrogens is 310 g/mol. The monoisotopic (exact) mass is 325 g/mol. The van der Waals surface area contributed by atoms with Gasteiger partial charge in [-0.25, -0.2) is 4.98 Å². The molecule has 0 aliphatic carbocycles. The van der Waals surface area contributed by atoms with Gasteiger partial charge in [-0.2, -0.15) is 0 Å². The molecule has 5 nitrogen and oxygen atoms in total. The number of aromatic nitrogens is 1. The van der Waals surface area contributed by atoms with Crippen LogP contribution >= 0.6 is 11.3 Å². The Labute approximate surface area is 137 Å². The van der Waals surface area contributed by atoms with Gasteiger partial charge in [0.05, 0.1) is 10.2 Å². The fraction of sp³-hybridized carbons (Fsp3) is 0.118. The van der Waals surface area contributed by atoms with Gasteiger partial charge >= 0.3 is 0 Å². The van der Waals surface area contributed by atoms with Crippen LogP contribution in [-0.4, -0.2) is 16.8 Å². The summed E-state index contributed by atoms with van der Waals surface area (Å²) in [7, 11) is 0. The summed E-state index contributed by atoms with van der Waals surface area (Å²) in [5.74, 6) is -0.226. The van der Waals surface area contributed by atoms with E-state index in [0.29, 0.717) is 22.8 Å². The van der Waals surface area contributed by atoms with Gasteiger partial charge in [-0.05, 0) is 30.3 Å². The summed E-state index contributed by atoms with van der Waals surface area (Å²) in [6.45, 7) is 1.79. The van der Waals surface area contributed by atoms with Crippen molar-refractivity contribution in [3.05, 3.63) is 54.1 Å². The van der Waals surface area contributed by atoms with Crippen LogP contribution in [0.2, 0.25) is 0 Å². The molecule has 0 aliphatic heterocycles. The molecule has 23 heavy (non-hydrogen) atoms. The molecule has 2 aromatic carbocycles. The molecule has 0 saturated heterocycles. The topological polar surface area (TPSA) is 71.1 Å². The number of amides is 2. The minimum Gasteiger partial charge on any atom is -0.322 e. The molecule has 1 aromatic heterocycles. The average Bonchev–Trinajstić information content (AvgIpc) is 2.96. The highest BCUT2D eigenvalue weighted by molar-refractivity contribution is 7.22. The molecule has 6 heteroatoms. The normalized spacial score (nSPS) is 10.5. The largest absolute Gasteiger partial charge is 0.322 e. The summed E-state index contributed by atoms with van der Waals surface area (Å²) in [5, 5.41) is 6.18. The van der Waals surface area contributed by atoms with Crippen molar-refractivity contribution in [3.63, 3.8) is 0 Å². The van der Waals surface area contributed by atoms with E-state index in [2.05, 4.69) is 15.6 Å². The van der Waals surface area contributed by atoms with Gasteiger partial charge in [0.2, 0.25) is 5.91 Å². The Morgan fingerprint density at radius 1 is 1.09 bits per heavy atom. The van der Waals surface area contributed by atoms with Crippen molar-refractivity contribution in [2.45, 2.75) is 13.3 Å². The lowest BCUT2D eigenvalue weighted by Crippen LogP contribution is -2.11. The van der Waals surface area contributed by atoms with Gasteiger partial charge in [0, 0.05) is 17.7 Å². The number of anilines is 2. The first kappa shape index (κ1) is 15.2. The summed E-state index contributed by atoms with van der Waals surface area (Å²) in [4.78, 5) is 27.9. The Morgan fingerprint density at radius 2 is 1.87 bits per heavy atom. The molecular formula is C17H15N3O2S. The van der Waals surface area contributed by atoms with Gasteiger partial charge in [0.1, 0.15) is 0 Å². The first-order valence-electron chi connectivity index (χ1n) is 7.22. The van der Waals surface area contributed by atoms with Crippen LogP contribution in [0.4, 0.5) is 10.8 Å². The quantitative estimate of drug-likeness (QED) is 0.764. The lowest BCUT2D eigenvalue weighted by Gasteiger charge is -2.04. The van der Waals surface area contributed by atoms with Crippen molar-refractivity contribution in [2.75, 3.05) is 10.6 Å². The smallest absolute Gasteiger partial charge is 0.255 e. The molecule has 0 radical (unpaired) electrons. The minimum absolute atomic E-state index is 0.0679. The van der Waals surface area contributed by atoms with Crippen molar-refractivity contribution in [2.24, 2.45) is 0 Å². The Bertz CT molecular complexity index is 859. The number of rotatable bonds is 4. The number of nitrogens with zero attached hydrogens (tertiary/aromatic N) is 1. The molecule has 3 rings (SSSR count). The van der Waals surface area contributed by atoms with Crippen LogP contribution in [0.25, 0.3) is 10.2 Å². The Kier molecular flexibility index (Phi) is 4.34. The zero-order chi connectivity index (χ0) is 16.2. The van der Waals surface area contributed by atoms with Gasteiger partial charge in [-0.15, -0.1) is 0 Å². The van der Waals surface area contributed by atoms with Gasteiger partial charge in [0.25, 0.3) is 5.91 Å². The standard InChI is InChI=1S/C17H15N3O2S/c1-2-15(21)20-17-19-13-9-8-12(10-14(13)23-17)18-16(22)11-6-4-3-5-7-11/h3-10H,2H2,1H3,(H,18,22)(H,19,20,21). The molecule has 2 N–H and O–H groups in total. The van der Waals surface area contributed by atoms with E-state index in [-0.39, 0.29) is 11.8 Å². The lowest BCUT2D eigenvalue weighted by atomic mass is 10.2. The van der Waals surface area contributed by atoms with Gasteiger partial charge in [0.15, 0.2) is 5.13 Å². The Balaban J connectivity index is 1.80. The van der Waals surface area contributed by atoms with Crippen molar-refractivity contribution in [1.29, 1.82) is 0 Å². The number of carbonyl (C=O) groups is 2. The maximum absolute atomic E-state index is 12.2. The molecule has 0 saturated carbocycles. The molecule has 0 bridgehead atoms. The predicted molar refractivity (Wildman–Crippen MR) is 92.9 cm³/mol. The van der Waals surface area contributed by atoms with Crippen molar-refractivity contribution in [1.82, 2.24) is 4.98 Å². The third kappa shape index (κ3) is 3.54. The summed E-state index contributed by atoms with van der Waals surface area (Å²) < 4.78 is 0.905. The molecule has 0 fully saturated rings. The molecule has 0 unspecified atom stereocenters. The van der Waals surface area contributed by atoms with E-state index in [1.165, 1.54) is 11.3 Å². The number of carbonyl (C=O) groups excluding carboxylic acids is 2. The minimum atomic E-state index is -0.158. The van der Waals surface area contributed by atoms with E-state index >= 15 is 0 Å². The third-order valence-corrected chi connectivity index (χ3v) is 4.18. The van der Waals surface area contributed by atoms with E-state index in [4.69, 9.17) is 0 Å². The van der Waals surface area contributed by atoms with Crippen LogP contribution in [0, 0.1) is 0 Å². The predicted octanol–water partition coefficient (Wildman–Crippen LogP) is 3.90. The molecule has 0 spiro atoms. The van der Waals surface area contributed by atoms with E-state index < -0.39 is 0 Å². The summed E-state index contributed by atoms with van der Waals surface area (Å²) in [6, 6.07) is 14.5. The van der Waals surface area contributed by atoms with Gasteiger partial charge < -0.3 is 10.6 Å². The van der Waals surface area contributed by atoms with E-state index in [0.717, 1.165) is 10.2 Å². The van der Waals surface area contributed by atoms with Crippen molar-refractivity contribution in [3.8, 4) is 0 Å². The molecule has 3 aromatic rings. The third-order valence-electron chi connectivity index (χ3n) is 3.25. The fourth-order valence-corrected chi connectivity index (χ4v) is 2.98. The van der Waals surface area contributed by atoms with Crippen LogP contribution in [0.5, 0.6) is 0 Å². The second-order valence-corrected chi connectivity index (χ2v) is 5.95. The second kappa shape index (κ2) is 6.58. The number of hydrogen-bond acceptors (Lipinski definition) is 4. The van der Waals surface area contributed by atoms with Crippen LogP contribution in [0.1, 0.15) is 23.7 Å². The van der Waals surface area contributed by atoms with E-state index in [1.54, 1.807) is 25.1 Å². The van der Waals surface area contributed by atoms with Crippen molar-refractivity contribution >= 4 is 44.2 Å². The molecule has 116 valence electrons. The second-order valence-electron chi connectivity index (χ2n) is 4.92. The highest BCUT2D eigenvalue weighted by atomic mass is 32.1. The first-order chi connectivity index (χ1) is 11.2. The summed E-state index contributed by atoms with van der Waals surface area (Å²) in [6.07, 6.45) is 0.411. The Hall–Kier alpha value is -2.73. The fourth-order valence-electron chi connectivity index (χ4n) is 2.06. The number of hydrogen-bond donors (Lipinski definition) is 2. The van der Waals surface area contributed by atoms with Crippen LogP contribution in [0.3, 0.4) is 0 Å².